The molecule has 84 valence electrons. The standard InChI is InChI=1S/C12H18BrNO/c1-3-5-9(2)15-8-10-6-4-7-11(14)12(10)13/h4,6-7,9H,3,5,8,14H2,1-2H3. The van der Waals surface area contributed by atoms with Gasteiger partial charge in [0.05, 0.1) is 12.7 Å². The number of anilines is 1. The Balaban J connectivity index is 2.54. The van der Waals surface area contributed by atoms with Gasteiger partial charge in [-0.2, -0.15) is 0 Å². The molecule has 0 saturated heterocycles. The number of benzene rings is 1. The number of halogens is 1. The number of hydrogen-bond acceptors (Lipinski definition) is 2. The molecule has 0 fully saturated rings. The molecule has 0 aliphatic rings. The molecule has 0 spiro atoms. The molecule has 0 aliphatic carbocycles. The van der Waals surface area contributed by atoms with E-state index in [4.69, 9.17) is 10.5 Å². The molecule has 15 heavy (non-hydrogen) atoms. The second kappa shape index (κ2) is 6.13. The molecule has 0 saturated carbocycles. The van der Waals surface area contributed by atoms with Gasteiger partial charge in [0, 0.05) is 10.2 Å². The minimum atomic E-state index is 0.309. The third kappa shape index (κ3) is 3.84. The first-order chi connectivity index (χ1) is 7.15. The summed E-state index contributed by atoms with van der Waals surface area (Å²) in [5.41, 5.74) is 7.66. The van der Waals surface area contributed by atoms with E-state index in [1.165, 1.54) is 0 Å². The Bertz CT molecular complexity index is 314. The van der Waals surface area contributed by atoms with Crippen LogP contribution in [0.15, 0.2) is 22.7 Å². The Morgan fingerprint density at radius 2 is 2.20 bits per heavy atom. The minimum absolute atomic E-state index is 0.309. The molecule has 3 heteroatoms. The van der Waals surface area contributed by atoms with Crippen molar-refractivity contribution in [1.29, 1.82) is 0 Å². The average molecular weight is 272 g/mol. The molecule has 0 bridgehead atoms. The zero-order chi connectivity index (χ0) is 11.3. The van der Waals surface area contributed by atoms with E-state index in [0.717, 1.165) is 28.6 Å². The van der Waals surface area contributed by atoms with Crippen molar-refractivity contribution in [3.63, 3.8) is 0 Å². The van der Waals surface area contributed by atoms with Gasteiger partial charge in [-0.15, -0.1) is 0 Å². The number of hydrogen-bond donors (Lipinski definition) is 1. The lowest BCUT2D eigenvalue weighted by Gasteiger charge is -2.13. The molecule has 0 aromatic heterocycles. The molecule has 2 nitrogen and oxygen atoms in total. The number of ether oxygens (including phenoxy) is 1. The zero-order valence-corrected chi connectivity index (χ0v) is 10.9. The van der Waals surface area contributed by atoms with Crippen LogP contribution in [-0.2, 0) is 11.3 Å². The van der Waals surface area contributed by atoms with Gasteiger partial charge in [0.15, 0.2) is 0 Å². The molecule has 0 heterocycles. The molecule has 1 unspecified atom stereocenters. The number of nitrogen functional groups attached to an aromatic ring is 1. The van der Waals surface area contributed by atoms with Crippen LogP contribution in [-0.4, -0.2) is 6.10 Å². The van der Waals surface area contributed by atoms with Crippen molar-refractivity contribution in [3.05, 3.63) is 28.2 Å². The van der Waals surface area contributed by atoms with Crippen molar-refractivity contribution < 1.29 is 4.74 Å². The van der Waals surface area contributed by atoms with Crippen LogP contribution in [0.2, 0.25) is 0 Å². The highest BCUT2D eigenvalue weighted by Gasteiger charge is 2.05. The van der Waals surface area contributed by atoms with Crippen LogP contribution in [0.25, 0.3) is 0 Å². The predicted octanol–water partition coefficient (Wildman–Crippen LogP) is 3.74. The van der Waals surface area contributed by atoms with Gasteiger partial charge in [-0.1, -0.05) is 25.5 Å². The minimum Gasteiger partial charge on any atom is -0.398 e. The highest BCUT2D eigenvalue weighted by molar-refractivity contribution is 9.10. The number of nitrogens with two attached hydrogens (primary N) is 1. The third-order valence-corrected chi connectivity index (χ3v) is 3.29. The lowest BCUT2D eigenvalue weighted by atomic mass is 10.2. The molecule has 1 rings (SSSR count). The smallest absolute Gasteiger partial charge is 0.0732 e. The fourth-order valence-corrected chi connectivity index (χ4v) is 1.81. The maximum absolute atomic E-state index is 5.78. The van der Waals surface area contributed by atoms with Gasteiger partial charge < -0.3 is 10.5 Å². The Hall–Kier alpha value is -0.540. The van der Waals surface area contributed by atoms with Crippen LogP contribution >= 0.6 is 15.9 Å². The van der Waals surface area contributed by atoms with E-state index in [2.05, 4.69) is 29.8 Å². The van der Waals surface area contributed by atoms with Gasteiger partial charge in [0.2, 0.25) is 0 Å². The van der Waals surface area contributed by atoms with Gasteiger partial charge >= 0.3 is 0 Å². The zero-order valence-electron chi connectivity index (χ0n) is 9.29. The van der Waals surface area contributed by atoms with E-state index >= 15 is 0 Å². The summed E-state index contributed by atoms with van der Waals surface area (Å²) in [4.78, 5) is 0. The normalized spacial score (nSPS) is 12.7. The lowest BCUT2D eigenvalue weighted by Crippen LogP contribution is -2.08. The summed E-state index contributed by atoms with van der Waals surface area (Å²) in [7, 11) is 0. The van der Waals surface area contributed by atoms with Gasteiger partial charge in [-0.25, -0.2) is 0 Å². The summed E-state index contributed by atoms with van der Waals surface area (Å²) >= 11 is 3.46. The maximum Gasteiger partial charge on any atom is 0.0732 e. The maximum atomic E-state index is 5.78. The van der Waals surface area contributed by atoms with Crippen molar-refractivity contribution >= 4 is 21.6 Å². The van der Waals surface area contributed by atoms with E-state index in [-0.39, 0.29) is 0 Å². The SMILES string of the molecule is CCCC(C)OCc1cccc(N)c1Br. The largest absolute Gasteiger partial charge is 0.398 e. The summed E-state index contributed by atoms with van der Waals surface area (Å²) in [6, 6.07) is 5.85. The molecule has 0 radical (unpaired) electrons. The van der Waals surface area contributed by atoms with Gasteiger partial charge in [0.25, 0.3) is 0 Å². The van der Waals surface area contributed by atoms with Gasteiger partial charge in [-0.05, 0) is 40.9 Å². The highest BCUT2D eigenvalue weighted by Crippen LogP contribution is 2.24. The summed E-state index contributed by atoms with van der Waals surface area (Å²) in [5, 5.41) is 0. The van der Waals surface area contributed by atoms with Crippen molar-refractivity contribution in [2.45, 2.75) is 39.4 Å². The van der Waals surface area contributed by atoms with Crippen LogP contribution in [0.3, 0.4) is 0 Å². The predicted molar refractivity (Wildman–Crippen MR) is 67.7 cm³/mol. The first kappa shape index (κ1) is 12.5. The summed E-state index contributed by atoms with van der Waals surface area (Å²) < 4.78 is 6.67. The molecule has 2 N–H and O–H groups in total. The highest BCUT2D eigenvalue weighted by atomic mass is 79.9. The monoisotopic (exact) mass is 271 g/mol. The average Bonchev–Trinajstić information content (AvgIpc) is 2.21. The van der Waals surface area contributed by atoms with Crippen LogP contribution in [0.4, 0.5) is 5.69 Å². The van der Waals surface area contributed by atoms with E-state index in [1.54, 1.807) is 0 Å². The van der Waals surface area contributed by atoms with E-state index < -0.39 is 0 Å². The molecule has 0 amide bonds. The van der Waals surface area contributed by atoms with Gasteiger partial charge in [0.1, 0.15) is 0 Å². The molecule has 1 aromatic rings. The quantitative estimate of drug-likeness (QED) is 0.829. The van der Waals surface area contributed by atoms with E-state index in [1.807, 2.05) is 18.2 Å². The summed E-state index contributed by atoms with van der Waals surface area (Å²) in [6.07, 6.45) is 2.56. The summed E-state index contributed by atoms with van der Waals surface area (Å²) in [5.74, 6) is 0. The first-order valence-electron chi connectivity index (χ1n) is 5.29. The van der Waals surface area contributed by atoms with Gasteiger partial charge in [-0.3, -0.25) is 0 Å². The van der Waals surface area contributed by atoms with Crippen molar-refractivity contribution in [2.75, 3.05) is 5.73 Å². The molecule has 1 aromatic carbocycles. The molecule has 1 atom stereocenters. The number of rotatable bonds is 5. The van der Waals surface area contributed by atoms with E-state index in [9.17, 15) is 0 Å². The molecule has 0 aliphatic heterocycles. The van der Waals surface area contributed by atoms with E-state index in [0.29, 0.717) is 12.7 Å². The Morgan fingerprint density at radius 1 is 1.47 bits per heavy atom. The Kier molecular flexibility index (Phi) is 5.12. The second-order valence-electron chi connectivity index (χ2n) is 3.73. The summed E-state index contributed by atoms with van der Waals surface area (Å²) in [6.45, 7) is 4.88. The Morgan fingerprint density at radius 3 is 2.87 bits per heavy atom. The van der Waals surface area contributed by atoms with Crippen molar-refractivity contribution in [2.24, 2.45) is 0 Å². The first-order valence-corrected chi connectivity index (χ1v) is 6.09. The van der Waals surface area contributed by atoms with Crippen LogP contribution in [0.1, 0.15) is 32.3 Å². The third-order valence-electron chi connectivity index (χ3n) is 2.33. The molecular weight excluding hydrogens is 254 g/mol. The van der Waals surface area contributed by atoms with Crippen molar-refractivity contribution in [3.8, 4) is 0 Å². The molecular formula is C12H18BrNO. The second-order valence-corrected chi connectivity index (χ2v) is 4.52. The fraction of sp³-hybridized carbons (Fsp3) is 0.500. The van der Waals surface area contributed by atoms with Crippen LogP contribution in [0.5, 0.6) is 0 Å². The van der Waals surface area contributed by atoms with Crippen LogP contribution in [0, 0.1) is 0 Å². The fourth-order valence-electron chi connectivity index (χ4n) is 1.43. The van der Waals surface area contributed by atoms with Crippen LogP contribution < -0.4 is 5.73 Å². The van der Waals surface area contributed by atoms with Crippen molar-refractivity contribution in [1.82, 2.24) is 0 Å². The lowest BCUT2D eigenvalue weighted by molar-refractivity contribution is 0.0469. The Labute approximate surface area is 99.9 Å². The topological polar surface area (TPSA) is 35.2 Å².